The molecule has 0 heterocycles. The van der Waals surface area contributed by atoms with Gasteiger partial charge in [0.25, 0.3) is 0 Å². The van der Waals surface area contributed by atoms with Crippen LogP contribution in [0.3, 0.4) is 0 Å². The number of benzene rings is 1. The zero-order valence-corrected chi connectivity index (χ0v) is 13.6. The molecule has 4 nitrogen and oxygen atoms in total. The Hall–Kier alpha value is -1.26. The van der Waals surface area contributed by atoms with Crippen molar-refractivity contribution < 1.29 is 9.47 Å². The lowest BCUT2D eigenvalue weighted by Crippen LogP contribution is -2.33. The van der Waals surface area contributed by atoms with Crippen LogP contribution in [0.25, 0.3) is 0 Å². The number of hydrogen-bond acceptors (Lipinski definition) is 4. The quantitative estimate of drug-likeness (QED) is 0.484. The zero-order chi connectivity index (χ0) is 15.5. The highest BCUT2D eigenvalue weighted by Gasteiger charge is 2.09. The van der Waals surface area contributed by atoms with Gasteiger partial charge >= 0.3 is 0 Å². The van der Waals surface area contributed by atoms with E-state index < -0.39 is 0 Å². The van der Waals surface area contributed by atoms with Crippen molar-refractivity contribution in [1.29, 1.82) is 0 Å². The van der Waals surface area contributed by atoms with Gasteiger partial charge in [0.2, 0.25) is 0 Å². The molecular weight excluding hydrogens is 264 g/mol. The molecule has 0 aliphatic heterocycles. The Bertz CT molecular complexity index is 379. The van der Waals surface area contributed by atoms with E-state index in [0.29, 0.717) is 12.5 Å². The van der Waals surface area contributed by atoms with Crippen LogP contribution in [0.2, 0.25) is 0 Å². The number of nitrogens with two attached hydrogens (primary N) is 1. The Morgan fingerprint density at radius 2 is 1.81 bits per heavy atom. The van der Waals surface area contributed by atoms with Gasteiger partial charge in [0.15, 0.2) is 0 Å². The van der Waals surface area contributed by atoms with E-state index in [1.54, 1.807) is 0 Å². The lowest BCUT2D eigenvalue weighted by Gasteiger charge is -2.18. The maximum Gasteiger partial charge on any atom is 0.123 e. The van der Waals surface area contributed by atoms with Crippen LogP contribution in [0, 0.1) is 5.92 Å². The van der Waals surface area contributed by atoms with Gasteiger partial charge in [-0.2, -0.15) is 0 Å². The predicted molar refractivity (Wildman–Crippen MR) is 87.5 cm³/mol. The minimum Gasteiger partial charge on any atom is -0.493 e. The van der Waals surface area contributed by atoms with Crippen molar-refractivity contribution in [3.63, 3.8) is 0 Å². The van der Waals surface area contributed by atoms with E-state index in [9.17, 15) is 0 Å². The third-order valence-electron chi connectivity index (χ3n) is 3.43. The lowest BCUT2D eigenvalue weighted by molar-refractivity contribution is 0.211. The molecule has 21 heavy (non-hydrogen) atoms. The molecule has 0 aliphatic rings. The minimum absolute atomic E-state index is 0.0261. The fourth-order valence-electron chi connectivity index (χ4n) is 2.42. The Balaban J connectivity index is 2.51. The average Bonchev–Trinajstić information content (AvgIpc) is 2.46. The Morgan fingerprint density at radius 1 is 1.14 bits per heavy atom. The molecule has 0 aliphatic carbocycles. The fourth-order valence-corrected chi connectivity index (χ4v) is 2.42. The third-order valence-corrected chi connectivity index (χ3v) is 3.43. The highest BCUT2D eigenvalue weighted by molar-refractivity contribution is 5.33. The van der Waals surface area contributed by atoms with Crippen molar-refractivity contribution in [2.45, 2.75) is 52.6 Å². The molecule has 0 unspecified atom stereocenters. The van der Waals surface area contributed by atoms with Crippen molar-refractivity contribution in [2.24, 2.45) is 11.8 Å². The summed E-state index contributed by atoms with van der Waals surface area (Å²) in [6, 6.07) is 7.83. The van der Waals surface area contributed by atoms with Gasteiger partial charge in [-0.1, -0.05) is 32.8 Å². The van der Waals surface area contributed by atoms with Gasteiger partial charge in [0, 0.05) is 12.6 Å². The summed E-state index contributed by atoms with van der Waals surface area (Å²) in [4.78, 5) is 0. The summed E-state index contributed by atoms with van der Waals surface area (Å²) in [5.74, 6) is 7.63. The van der Waals surface area contributed by atoms with E-state index in [2.05, 4.69) is 19.3 Å². The van der Waals surface area contributed by atoms with E-state index in [1.165, 1.54) is 25.7 Å². The number of nitrogens with one attached hydrogen (secondary N) is 1. The van der Waals surface area contributed by atoms with Gasteiger partial charge < -0.3 is 9.47 Å². The average molecular weight is 294 g/mol. The molecule has 0 saturated heterocycles. The van der Waals surface area contributed by atoms with Crippen LogP contribution < -0.4 is 20.7 Å². The molecule has 4 heteroatoms. The molecule has 1 aromatic rings. The molecule has 0 fully saturated rings. The third kappa shape index (κ3) is 7.34. The molecule has 120 valence electrons. The molecule has 0 bridgehead atoms. The Labute approximate surface area is 129 Å². The van der Waals surface area contributed by atoms with E-state index in [4.69, 9.17) is 15.3 Å². The highest BCUT2D eigenvalue weighted by atomic mass is 16.5. The Morgan fingerprint density at radius 3 is 2.43 bits per heavy atom. The summed E-state index contributed by atoms with van der Waals surface area (Å²) in [6.07, 6.45) is 4.90. The molecule has 0 saturated carbocycles. The van der Waals surface area contributed by atoms with Crippen LogP contribution in [-0.2, 0) is 0 Å². The minimum atomic E-state index is 0.0261. The van der Waals surface area contributed by atoms with E-state index in [-0.39, 0.29) is 6.10 Å². The standard InChI is InChI=1S/C17H30N2O2/c1-4-7-15(8-5-2)13-20-16-9-6-10-17(11-16)21-14(3)12-19-18/h6,9-11,14-15,19H,4-5,7-8,12-13,18H2,1-3H3/t14-/m0/s1. The van der Waals surface area contributed by atoms with Gasteiger partial charge in [0.05, 0.1) is 6.61 Å². The smallest absolute Gasteiger partial charge is 0.123 e. The van der Waals surface area contributed by atoms with Crippen LogP contribution in [0.5, 0.6) is 11.5 Å². The number of hydrazine groups is 1. The van der Waals surface area contributed by atoms with Crippen molar-refractivity contribution in [2.75, 3.05) is 13.2 Å². The lowest BCUT2D eigenvalue weighted by atomic mass is 9.99. The zero-order valence-electron chi connectivity index (χ0n) is 13.6. The summed E-state index contributed by atoms with van der Waals surface area (Å²) in [6.45, 7) is 7.82. The highest BCUT2D eigenvalue weighted by Crippen LogP contribution is 2.22. The summed E-state index contributed by atoms with van der Waals surface area (Å²) in [5.41, 5.74) is 2.61. The molecule has 3 N–H and O–H groups in total. The van der Waals surface area contributed by atoms with Crippen molar-refractivity contribution >= 4 is 0 Å². The summed E-state index contributed by atoms with van der Waals surface area (Å²) in [5, 5.41) is 0. The molecule has 1 rings (SSSR count). The topological polar surface area (TPSA) is 56.5 Å². The molecule has 0 spiro atoms. The van der Waals surface area contributed by atoms with Crippen LogP contribution >= 0.6 is 0 Å². The van der Waals surface area contributed by atoms with Gasteiger partial charge in [-0.25, -0.2) is 0 Å². The normalized spacial score (nSPS) is 12.4. The molecule has 1 atom stereocenters. The first-order chi connectivity index (χ1) is 10.2. The molecule has 0 aromatic heterocycles. The second-order valence-corrected chi connectivity index (χ2v) is 5.57. The molecule has 1 aromatic carbocycles. The summed E-state index contributed by atoms with van der Waals surface area (Å²) in [7, 11) is 0. The largest absolute Gasteiger partial charge is 0.493 e. The van der Waals surface area contributed by atoms with Crippen LogP contribution in [0.1, 0.15) is 46.5 Å². The van der Waals surface area contributed by atoms with Crippen molar-refractivity contribution in [3.05, 3.63) is 24.3 Å². The predicted octanol–water partition coefficient (Wildman–Crippen LogP) is 3.51. The van der Waals surface area contributed by atoms with Crippen LogP contribution in [0.15, 0.2) is 24.3 Å². The maximum absolute atomic E-state index is 5.94. The second-order valence-electron chi connectivity index (χ2n) is 5.57. The fraction of sp³-hybridized carbons (Fsp3) is 0.647. The second kappa shape index (κ2) is 10.5. The van der Waals surface area contributed by atoms with Gasteiger partial charge in [-0.15, -0.1) is 0 Å². The summed E-state index contributed by atoms with van der Waals surface area (Å²) >= 11 is 0. The first-order valence-corrected chi connectivity index (χ1v) is 8.02. The number of hydrogen-bond donors (Lipinski definition) is 2. The number of rotatable bonds is 11. The van der Waals surface area contributed by atoms with E-state index in [0.717, 1.165) is 18.1 Å². The van der Waals surface area contributed by atoms with Crippen LogP contribution in [0.4, 0.5) is 0 Å². The van der Waals surface area contributed by atoms with Crippen LogP contribution in [-0.4, -0.2) is 19.3 Å². The first-order valence-electron chi connectivity index (χ1n) is 8.02. The van der Waals surface area contributed by atoms with Crippen molar-refractivity contribution in [1.82, 2.24) is 5.43 Å². The first kappa shape index (κ1) is 17.8. The maximum atomic E-state index is 5.94. The van der Waals surface area contributed by atoms with Gasteiger partial charge in [0.1, 0.15) is 17.6 Å². The monoisotopic (exact) mass is 294 g/mol. The Kier molecular flexibility index (Phi) is 8.87. The SMILES string of the molecule is CCCC(CCC)COc1cccc(O[C@@H](C)CNN)c1. The van der Waals surface area contributed by atoms with E-state index >= 15 is 0 Å². The van der Waals surface area contributed by atoms with Crippen molar-refractivity contribution in [3.8, 4) is 11.5 Å². The molecule has 0 radical (unpaired) electrons. The van der Waals surface area contributed by atoms with E-state index in [1.807, 2.05) is 31.2 Å². The summed E-state index contributed by atoms with van der Waals surface area (Å²) < 4.78 is 11.7. The molecular formula is C17H30N2O2. The van der Waals surface area contributed by atoms with Gasteiger partial charge in [-0.05, 0) is 37.8 Å². The van der Waals surface area contributed by atoms with Gasteiger partial charge in [-0.3, -0.25) is 11.3 Å². The molecule has 0 amide bonds. The number of ether oxygens (including phenoxy) is 2.